The summed E-state index contributed by atoms with van der Waals surface area (Å²) in [5.74, 6) is 0.555. The van der Waals surface area contributed by atoms with Gasteiger partial charge in [-0.15, -0.1) is 0 Å². The minimum atomic E-state index is -3.36. The molecule has 1 aliphatic heterocycles. The first kappa shape index (κ1) is 16.0. The van der Waals surface area contributed by atoms with Crippen molar-refractivity contribution in [3.63, 3.8) is 0 Å². The maximum atomic E-state index is 12.3. The van der Waals surface area contributed by atoms with Gasteiger partial charge in [0.25, 0.3) is 0 Å². The van der Waals surface area contributed by atoms with E-state index in [1.807, 2.05) is 6.07 Å². The van der Waals surface area contributed by atoms with Gasteiger partial charge in [-0.25, -0.2) is 8.42 Å². The van der Waals surface area contributed by atoms with Gasteiger partial charge >= 0.3 is 0 Å². The summed E-state index contributed by atoms with van der Waals surface area (Å²) < 4.78 is 24.7. The van der Waals surface area contributed by atoms with Gasteiger partial charge in [0.2, 0.25) is 0 Å². The van der Waals surface area contributed by atoms with Crippen molar-refractivity contribution in [2.75, 3.05) is 25.4 Å². The van der Waals surface area contributed by atoms with E-state index >= 15 is 0 Å². The van der Waals surface area contributed by atoms with Gasteiger partial charge in [-0.2, -0.15) is 5.26 Å². The molecule has 0 aromatic heterocycles. The number of nitrogens with two attached hydrogens (primary N) is 1. The van der Waals surface area contributed by atoms with Crippen LogP contribution in [0.5, 0.6) is 0 Å². The van der Waals surface area contributed by atoms with E-state index in [1.54, 1.807) is 18.2 Å². The molecule has 1 saturated heterocycles. The Morgan fingerprint density at radius 3 is 2.86 bits per heavy atom. The molecule has 1 fully saturated rings. The number of likely N-dealkylation sites (tertiary alicyclic amines) is 1. The zero-order valence-electron chi connectivity index (χ0n) is 12.2. The number of nitrogens with zero attached hydrogens (tertiary/aromatic N) is 2. The van der Waals surface area contributed by atoms with E-state index in [4.69, 9.17) is 11.0 Å². The standard InChI is InChI=1S/C15H21N3O2S/c1-12-7-14(17)11-18(10-12)5-6-21(19,20)15-4-2-3-13(8-15)9-16/h2-4,8,12,14H,5-7,10-11,17H2,1H3. The van der Waals surface area contributed by atoms with Crippen LogP contribution in [0.25, 0.3) is 0 Å². The summed E-state index contributed by atoms with van der Waals surface area (Å²) in [6.45, 7) is 4.26. The van der Waals surface area contributed by atoms with Crippen molar-refractivity contribution in [3.8, 4) is 6.07 Å². The van der Waals surface area contributed by atoms with Crippen LogP contribution < -0.4 is 5.73 Å². The van der Waals surface area contributed by atoms with E-state index in [9.17, 15) is 8.42 Å². The van der Waals surface area contributed by atoms with Crippen LogP contribution in [-0.4, -0.2) is 44.7 Å². The lowest BCUT2D eigenvalue weighted by atomic mass is 9.97. The van der Waals surface area contributed by atoms with Gasteiger partial charge in [0.15, 0.2) is 9.84 Å². The molecule has 0 radical (unpaired) electrons. The third-order valence-electron chi connectivity index (χ3n) is 3.77. The van der Waals surface area contributed by atoms with Gasteiger partial charge in [0, 0.05) is 25.7 Å². The average molecular weight is 307 g/mol. The molecule has 0 aliphatic carbocycles. The number of hydrogen-bond donors (Lipinski definition) is 1. The number of rotatable bonds is 4. The number of piperidine rings is 1. The van der Waals surface area contributed by atoms with Crippen molar-refractivity contribution in [2.24, 2.45) is 11.7 Å². The predicted molar refractivity (Wildman–Crippen MR) is 81.4 cm³/mol. The summed E-state index contributed by atoms with van der Waals surface area (Å²) in [6, 6.07) is 8.26. The SMILES string of the molecule is CC1CC(N)CN(CCS(=O)(=O)c2cccc(C#N)c2)C1. The van der Waals surface area contributed by atoms with Crippen LogP contribution in [0.3, 0.4) is 0 Å². The molecular weight excluding hydrogens is 286 g/mol. The minimum Gasteiger partial charge on any atom is -0.327 e. The molecule has 1 heterocycles. The molecule has 0 bridgehead atoms. The molecule has 2 atom stereocenters. The Balaban J connectivity index is 2.03. The second-order valence-electron chi connectivity index (χ2n) is 5.82. The zero-order chi connectivity index (χ0) is 15.5. The summed E-state index contributed by atoms with van der Waals surface area (Å²) >= 11 is 0. The fourth-order valence-electron chi connectivity index (χ4n) is 2.82. The molecule has 0 amide bonds. The van der Waals surface area contributed by atoms with E-state index in [0.29, 0.717) is 18.0 Å². The highest BCUT2D eigenvalue weighted by Gasteiger charge is 2.24. The van der Waals surface area contributed by atoms with E-state index in [2.05, 4.69) is 11.8 Å². The fourth-order valence-corrected chi connectivity index (χ4v) is 4.15. The molecule has 1 aliphatic rings. The van der Waals surface area contributed by atoms with Gasteiger partial charge in [0.1, 0.15) is 0 Å². The van der Waals surface area contributed by atoms with E-state index in [1.165, 1.54) is 6.07 Å². The largest absolute Gasteiger partial charge is 0.327 e. The Hall–Kier alpha value is -1.42. The molecule has 0 spiro atoms. The zero-order valence-corrected chi connectivity index (χ0v) is 13.0. The van der Waals surface area contributed by atoms with Gasteiger partial charge in [-0.05, 0) is 30.5 Å². The van der Waals surface area contributed by atoms with E-state index < -0.39 is 9.84 Å². The molecule has 21 heavy (non-hydrogen) atoms. The lowest BCUT2D eigenvalue weighted by Crippen LogP contribution is -2.47. The average Bonchev–Trinajstić information content (AvgIpc) is 2.44. The third-order valence-corrected chi connectivity index (χ3v) is 5.46. The van der Waals surface area contributed by atoms with Crippen LogP contribution in [0, 0.1) is 17.2 Å². The number of hydrogen-bond acceptors (Lipinski definition) is 5. The molecule has 2 N–H and O–H groups in total. The lowest BCUT2D eigenvalue weighted by molar-refractivity contribution is 0.174. The molecule has 6 heteroatoms. The van der Waals surface area contributed by atoms with Crippen LogP contribution >= 0.6 is 0 Å². The van der Waals surface area contributed by atoms with Crippen LogP contribution in [0.2, 0.25) is 0 Å². The highest BCUT2D eigenvalue weighted by Crippen LogP contribution is 2.17. The predicted octanol–water partition coefficient (Wildman–Crippen LogP) is 1.00. The third kappa shape index (κ3) is 4.27. The van der Waals surface area contributed by atoms with Crippen molar-refractivity contribution >= 4 is 9.84 Å². The topological polar surface area (TPSA) is 87.2 Å². The molecular formula is C15H21N3O2S. The summed E-state index contributed by atoms with van der Waals surface area (Å²) in [5.41, 5.74) is 6.34. The number of sulfone groups is 1. The van der Waals surface area contributed by atoms with Crippen molar-refractivity contribution in [2.45, 2.75) is 24.3 Å². The maximum absolute atomic E-state index is 12.3. The number of nitriles is 1. The second-order valence-corrected chi connectivity index (χ2v) is 7.93. The molecule has 1 aromatic carbocycles. The van der Waals surface area contributed by atoms with Gasteiger partial charge in [-0.3, -0.25) is 0 Å². The Morgan fingerprint density at radius 1 is 1.43 bits per heavy atom. The molecule has 2 unspecified atom stereocenters. The first-order valence-corrected chi connectivity index (χ1v) is 8.77. The Kier molecular flexibility index (Phi) is 4.99. The highest BCUT2D eigenvalue weighted by atomic mass is 32.2. The van der Waals surface area contributed by atoms with Gasteiger partial charge in [-0.1, -0.05) is 13.0 Å². The molecule has 2 rings (SSSR count). The normalized spacial score (nSPS) is 23.7. The van der Waals surface area contributed by atoms with Crippen molar-refractivity contribution in [1.29, 1.82) is 5.26 Å². The molecule has 1 aromatic rings. The highest BCUT2D eigenvalue weighted by molar-refractivity contribution is 7.91. The van der Waals surface area contributed by atoms with Crippen molar-refractivity contribution in [1.82, 2.24) is 4.90 Å². The van der Waals surface area contributed by atoms with Crippen LogP contribution in [0.15, 0.2) is 29.2 Å². The number of benzene rings is 1. The Bertz CT molecular complexity index is 627. The van der Waals surface area contributed by atoms with Crippen LogP contribution in [-0.2, 0) is 9.84 Å². The maximum Gasteiger partial charge on any atom is 0.179 e. The van der Waals surface area contributed by atoms with E-state index in [-0.39, 0.29) is 16.7 Å². The molecule has 114 valence electrons. The molecule has 5 nitrogen and oxygen atoms in total. The monoisotopic (exact) mass is 307 g/mol. The first-order chi connectivity index (χ1) is 9.90. The minimum absolute atomic E-state index is 0.0569. The summed E-state index contributed by atoms with van der Waals surface area (Å²) in [6.07, 6.45) is 0.994. The summed E-state index contributed by atoms with van der Waals surface area (Å²) in [7, 11) is -3.36. The Morgan fingerprint density at radius 2 is 2.19 bits per heavy atom. The van der Waals surface area contributed by atoms with Crippen molar-refractivity contribution in [3.05, 3.63) is 29.8 Å². The van der Waals surface area contributed by atoms with Gasteiger partial charge in [0.05, 0.1) is 22.3 Å². The van der Waals surface area contributed by atoms with Gasteiger partial charge < -0.3 is 10.6 Å². The summed E-state index contributed by atoms with van der Waals surface area (Å²) in [4.78, 5) is 2.33. The molecule has 0 saturated carbocycles. The van der Waals surface area contributed by atoms with E-state index in [0.717, 1.165) is 19.5 Å². The fraction of sp³-hybridized carbons (Fsp3) is 0.533. The second kappa shape index (κ2) is 6.56. The lowest BCUT2D eigenvalue weighted by Gasteiger charge is -2.34. The first-order valence-electron chi connectivity index (χ1n) is 7.11. The van der Waals surface area contributed by atoms with Crippen LogP contribution in [0.1, 0.15) is 18.9 Å². The Labute approximate surface area is 126 Å². The van der Waals surface area contributed by atoms with Crippen LogP contribution in [0.4, 0.5) is 0 Å². The van der Waals surface area contributed by atoms with Crippen molar-refractivity contribution < 1.29 is 8.42 Å². The smallest absolute Gasteiger partial charge is 0.179 e. The quantitative estimate of drug-likeness (QED) is 0.896. The summed E-state index contributed by atoms with van der Waals surface area (Å²) in [5, 5.41) is 8.85.